The Bertz CT molecular complexity index is 412. The second-order valence-corrected chi connectivity index (χ2v) is 6.80. The summed E-state index contributed by atoms with van der Waals surface area (Å²) in [6, 6.07) is 6.33. The summed E-state index contributed by atoms with van der Waals surface area (Å²) in [4.78, 5) is 0. The lowest BCUT2D eigenvalue weighted by Gasteiger charge is -2.32. The highest BCUT2D eigenvalue weighted by Crippen LogP contribution is 2.28. The third-order valence-electron chi connectivity index (χ3n) is 3.63. The van der Waals surface area contributed by atoms with E-state index in [1.54, 1.807) is 7.11 Å². The molecule has 0 saturated heterocycles. The Kier molecular flexibility index (Phi) is 6.84. The molecule has 0 aliphatic heterocycles. The maximum Gasteiger partial charge on any atom is 0.122 e. The van der Waals surface area contributed by atoms with Crippen molar-refractivity contribution in [2.45, 2.75) is 53.0 Å². The Morgan fingerprint density at radius 1 is 1.30 bits per heavy atom. The average molecular weight is 298 g/mol. The summed E-state index contributed by atoms with van der Waals surface area (Å²) < 4.78 is 5.42. The van der Waals surface area contributed by atoms with Gasteiger partial charge in [0.1, 0.15) is 5.75 Å². The Labute approximate surface area is 128 Å². The van der Waals surface area contributed by atoms with Gasteiger partial charge in [0.15, 0.2) is 0 Å². The molecule has 0 saturated carbocycles. The first kappa shape index (κ1) is 17.3. The molecule has 3 heteroatoms. The molecule has 20 heavy (non-hydrogen) atoms. The van der Waals surface area contributed by atoms with Crippen LogP contribution in [0.5, 0.6) is 5.75 Å². The van der Waals surface area contributed by atoms with Crippen LogP contribution in [-0.2, 0) is 6.42 Å². The Morgan fingerprint density at radius 3 is 2.55 bits per heavy atom. The van der Waals surface area contributed by atoms with E-state index in [1.807, 2.05) is 18.2 Å². The van der Waals surface area contributed by atoms with Gasteiger partial charge in [0.05, 0.1) is 7.11 Å². The highest BCUT2D eigenvalue weighted by molar-refractivity contribution is 6.30. The monoisotopic (exact) mass is 297 g/mol. The van der Waals surface area contributed by atoms with Crippen molar-refractivity contribution in [3.05, 3.63) is 28.8 Å². The molecule has 2 nitrogen and oxygen atoms in total. The Hall–Kier alpha value is -0.730. The second kappa shape index (κ2) is 7.90. The first-order valence-electron chi connectivity index (χ1n) is 7.44. The minimum Gasteiger partial charge on any atom is -0.496 e. The summed E-state index contributed by atoms with van der Waals surface area (Å²) in [6.45, 7) is 10.1. The molecular weight excluding hydrogens is 270 g/mol. The molecule has 1 aromatic rings. The zero-order valence-electron chi connectivity index (χ0n) is 13.4. The van der Waals surface area contributed by atoms with Gasteiger partial charge in [-0.15, -0.1) is 0 Å². The third-order valence-corrected chi connectivity index (χ3v) is 3.87. The van der Waals surface area contributed by atoms with E-state index >= 15 is 0 Å². The summed E-state index contributed by atoms with van der Waals surface area (Å²) in [5.41, 5.74) is 1.44. The molecular formula is C17H28ClNO. The van der Waals surface area contributed by atoms with Crippen LogP contribution in [0.1, 0.15) is 46.1 Å². The molecule has 0 radical (unpaired) electrons. The first-order chi connectivity index (χ1) is 9.38. The quantitative estimate of drug-likeness (QED) is 0.788. The van der Waals surface area contributed by atoms with Crippen LogP contribution < -0.4 is 10.1 Å². The van der Waals surface area contributed by atoms with Crippen LogP contribution in [0.3, 0.4) is 0 Å². The normalized spacial score (nSPS) is 13.3. The maximum atomic E-state index is 6.09. The number of hydrogen-bond acceptors (Lipinski definition) is 2. The van der Waals surface area contributed by atoms with E-state index in [9.17, 15) is 0 Å². The smallest absolute Gasteiger partial charge is 0.122 e. The summed E-state index contributed by atoms with van der Waals surface area (Å²) in [7, 11) is 1.71. The summed E-state index contributed by atoms with van der Waals surface area (Å²) in [5.74, 6) is 0.928. The van der Waals surface area contributed by atoms with E-state index in [0.29, 0.717) is 6.04 Å². The zero-order valence-corrected chi connectivity index (χ0v) is 14.2. The van der Waals surface area contributed by atoms with Gasteiger partial charge in [0.2, 0.25) is 0 Å². The molecule has 0 spiro atoms. The molecule has 1 aromatic carbocycles. The number of rotatable bonds is 7. The number of aryl methyl sites for hydroxylation is 1. The lowest BCUT2D eigenvalue weighted by Crippen LogP contribution is -2.41. The molecule has 1 unspecified atom stereocenters. The highest BCUT2D eigenvalue weighted by atomic mass is 35.5. The molecule has 1 N–H and O–H groups in total. The van der Waals surface area contributed by atoms with E-state index in [0.717, 1.165) is 36.6 Å². The number of nitrogens with one attached hydrogen (secondary N) is 1. The molecule has 0 heterocycles. The van der Waals surface area contributed by atoms with Crippen molar-refractivity contribution in [3.8, 4) is 5.75 Å². The van der Waals surface area contributed by atoms with Crippen LogP contribution in [0.25, 0.3) is 0 Å². The van der Waals surface area contributed by atoms with Gasteiger partial charge in [0.25, 0.3) is 0 Å². The fourth-order valence-corrected chi connectivity index (χ4v) is 2.60. The van der Waals surface area contributed by atoms with E-state index in [1.165, 1.54) is 5.56 Å². The summed E-state index contributed by atoms with van der Waals surface area (Å²) in [6.07, 6.45) is 3.22. The largest absolute Gasteiger partial charge is 0.496 e. The highest BCUT2D eigenvalue weighted by Gasteiger charge is 2.23. The Balaban J connectivity index is 2.74. The molecule has 0 bridgehead atoms. The number of methoxy groups -OCH3 is 1. The van der Waals surface area contributed by atoms with Crippen molar-refractivity contribution in [2.75, 3.05) is 13.7 Å². The van der Waals surface area contributed by atoms with Crippen molar-refractivity contribution in [1.29, 1.82) is 0 Å². The fraction of sp³-hybridized carbons (Fsp3) is 0.647. The van der Waals surface area contributed by atoms with Gasteiger partial charge in [-0.3, -0.25) is 0 Å². The van der Waals surface area contributed by atoms with Gasteiger partial charge in [-0.2, -0.15) is 0 Å². The van der Waals surface area contributed by atoms with Crippen molar-refractivity contribution in [1.82, 2.24) is 5.32 Å². The van der Waals surface area contributed by atoms with Gasteiger partial charge in [-0.05, 0) is 55.0 Å². The molecule has 0 aliphatic carbocycles. The Morgan fingerprint density at radius 2 is 2.00 bits per heavy atom. The van der Waals surface area contributed by atoms with Crippen molar-refractivity contribution in [2.24, 2.45) is 5.41 Å². The predicted octanol–water partition coefficient (Wildman–Crippen LogP) is 4.70. The van der Waals surface area contributed by atoms with Crippen molar-refractivity contribution in [3.63, 3.8) is 0 Å². The molecule has 114 valence electrons. The standard InChI is InChI=1S/C17H28ClNO/c1-6-11-19-16(17(2,3)4)10-7-13-12-14(18)8-9-15(13)20-5/h8-9,12,16,19H,6-7,10-11H2,1-5H3. The van der Waals surface area contributed by atoms with Crippen molar-refractivity contribution < 1.29 is 4.74 Å². The second-order valence-electron chi connectivity index (χ2n) is 6.37. The van der Waals surface area contributed by atoms with Crippen LogP contribution in [0.2, 0.25) is 5.02 Å². The number of halogens is 1. The van der Waals surface area contributed by atoms with E-state index in [2.05, 4.69) is 33.0 Å². The minimum absolute atomic E-state index is 0.251. The van der Waals surface area contributed by atoms with Gasteiger partial charge >= 0.3 is 0 Å². The third kappa shape index (κ3) is 5.34. The van der Waals surface area contributed by atoms with E-state index < -0.39 is 0 Å². The molecule has 1 rings (SSSR count). The topological polar surface area (TPSA) is 21.3 Å². The number of ether oxygens (including phenoxy) is 1. The number of benzene rings is 1. The minimum atomic E-state index is 0.251. The molecule has 0 aromatic heterocycles. The lowest BCUT2D eigenvalue weighted by atomic mass is 9.83. The summed E-state index contributed by atoms with van der Waals surface area (Å²) >= 11 is 6.09. The predicted molar refractivity (Wildman–Crippen MR) is 87.9 cm³/mol. The molecule has 1 atom stereocenters. The molecule has 0 amide bonds. The SMILES string of the molecule is CCCNC(CCc1cc(Cl)ccc1OC)C(C)(C)C. The van der Waals surface area contributed by atoms with Crippen molar-refractivity contribution >= 4 is 11.6 Å². The van der Waals surface area contributed by atoms with Crippen LogP contribution in [0, 0.1) is 5.41 Å². The van der Waals surface area contributed by atoms with E-state index in [4.69, 9.17) is 16.3 Å². The average Bonchev–Trinajstić information content (AvgIpc) is 2.37. The van der Waals surface area contributed by atoms with Crippen LogP contribution in [0.15, 0.2) is 18.2 Å². The first-order valence-corrected chi connectivity index (χ1v) is 7.82. The summed E-state index contributed by atoms with van der Waals surface area (Å²) in [5, 5.41) is 4.43. The lowest BCUT2D eigenvalue weighted by molar-refractivity contribution is 0.254. The van der Waals surface area contributed by atoms with E-state index in [-0.39, 0.29) is 5.41 Å². The zero-order chi connectivity index (χ0) is 15.2. The molecule has 0 fully saturated rings. The van der Waals surface area contributed by atoms with Gasteiger partial charge in [0, 0.05) is 11.1 Å². The fourth-order valence-electron chi connectivity index (χ4n) is 2.40. The van der Waals surface area contributed by atoms with Crippen LogP contribution in [0.4, 0.5) is 0 Å². The van der Waals surface area contributed by atoms with Crippen LogP contribution in [-0.4, -0.2) is 19.7 Å². The van der Waals surface area contributed by atoms with Crippen LogP contribution >= 0.6 is 11.6 Å². The van der Waals surface area contributed by atoms with Gasteiger partial charge in [-0.25, -0.2) is 0 Å². The maximum absolute atomic E-state index is 6.09. The molecule has 0 aliphatic rings. The number of hydrogen-bond donors (Lipinski definition) is 1. The van der Waals surface area contributed by atoms with Gasteiger partial charge in [-0.1, -0.05) is 39.3 Å². The van der Waals surface area contributed by atoms with Gasteiger partial charge < -0.3 is 10.1 Å².